The number of benzene rings is 1. The molecule has 0 heterocycles. The number of nitrogens with one attached hydrogen (secondary N) is 1. The van der Waals surface area contributed by atoms with Crippen LogP contribution in [0.25, 0.3) is 0 Å². The zero-order valence-corrected chi connectivity index (χ0v) is 12.0. The van der Waals surface area contributed by atoms with E-state index in [0.717, 1.165) is 19.3 Å². The number of ether oxygens (including phenoxy) is 2. The molecule has 1 N–H and O–H groups in total. The van der Waals surface area contributed by atoms with Crippen LogP contribution in [0.2, 0.25) is 0 Å². The third-order valence-electron chi connectivity index (χ3n) is 3.71. The third kappa shape index (κ3) is 3.30. The summed E-state index contributed by atoms with van der Waals surface area (Å²) >= 11 is 0. The Labute approximate surface area is 122 Å². The van der Waals surface area contributed by atoms with Gasteiger partial charge in [-0.3, -0.25) is 10.1 Å². The first-order valence-electron chi connectivity index (χ1n) is 6.73. The average Bonchev–Trinajstić information content (AvgIpc) is 2.93. The van der Waals surface area contributed by atoms with Crippen LogP contribution >= 0.6 is 0 Å². The number of nitro benzene ring substituents is 1. The number of methoxy groups -OCH3 is 2. The van der Waals surface area contributed by atoms with Crippen molar-refractivity contribution in [2.75, 3.05) is 19.5 Å². The van der Waals surface area contributed by atoms with E-state index < -0.39 is 10.9 Å². The number of carbonyl (C=O) groups excluding carboxylic acids is 1. The van der Waals surface area contributed by atoms with Crippen LogP contribution in [0.5, 0.6) is 0 Å². The molecule has 0 amide bonds. The van der Waals surface area contributed by atoms with Crippen molar-refractivity contribution in [1.29, 1.82) is 0 Å². The molecule has 2 unspecified atom stereocenters. The third-order valence-corrected chi connectivity index (χ3v) is 3.71. The standard InChI is InChI=1S/C14H18N2O5/c1-20-13-5-3-4-10(13)15-11-8-9(14(17)21-2)6-7-12(11)16(18)19/h6-8,10,13,15H,3-5H2,1-2H3. The molecule has 7 nitrogen and oxygen atoms in total. The van der Waals surface area contributed by atoms with Gasteiger partial charge in [0, 0.05) is 13.2 Å². The molecule has 0 aliphatic heterocycles. The number of hydrogen-bond donors (Lipinski definition) is 1. The first-order valence-corrected chi connectivity index (χ1v) is 6.73. The van der Waals surface area contributed by atoms with E-state index in [1.165, 1.54) is 25.3 Å². The van der Waals surface area contributed by atoms with Crippen LogP contribution in [0.15, 0.2) is 18.2 Å². The molecule has 114 valence electrons. The van der Waals surface area contributed by atoms with E-state index in [1.54, 1.807) is 7.11 Å². The summed E-state index contributed by atoms with van der Waals surface area (Å²) in [5.74, 6) is -0.525. The van der Waals surface area contributed by atoms with Crippen LogP contribution in [0, 0.1) is 10.1 Å². The number of esters is 1. The Bertz CT molecular complexity index is 546. The fourth-order valence-corrected chi connectivity index (χ4v) is 2.63. The number of carbonyl (C=O) groups is 1. The minimum Gasteiger partial charge on any atom is -0.465 e. The van der Waals surface area contributed by atoms with Gasteiger partial charge in [-0.2, -0.15) is 0 Å². The maximum absolute atomic E-state index is 11.6. The second-order valence-electron chi connectivity index (χ2n) is 4.94. The predicted molar refractivity (Wildman–Crippen MR) is 76.5 cm³/mol. The van der Waals surface area contributed by atoms with Crippen molar-refractivity contribution >= 4 is 17.3 Å². The summed E-state index contributed by atoms with van der Waals surface area (Å²) in [5, 5.41) is 14.3. The highest BCUT2D eigenvalue weighted by Crippen LogP contribution is 2.31. The van der Waals surface area contributed by atoms with Crippen LogP contribution in [-0.2, 0) is 9.47 Å². The first-order chi connectivity index (χ1) is 10.1. The lowest BCUT2D eigenvalue weighted by Crippen LogP contribution is -2.30. The average molecular weight is 294 g/mol. The molecule has 7 heteroatoms. The Balaban J connectivity index is 2.30. The molecule has 1 aliphatic rings. The summed E-state index contributed by atoms with van der Waals surface area (Å²) in [7, 11) is 2.90. The Kier molecular flexibility index (Phi) is 4.74. The lowest BCUT2D eigenvalue weighted by molar-refractivity contribution is -0.384. The highest BCUT2D eigenvalue weighted by Gasteiger charge is 2.29. The molecule has 1 fully saturated rings. The monoisotopic (exact) mass is 294 g/mol. The van der Waals surface area contributed by atoms with E-state index >= 15 is 0 Å². The Morgan fingerprint density at radius 2 is 2.14 bits per heavy atom. The van der Waals surface area contributed by atoms with Crippen LogP contribution < -0.4 is 5.32 Å². The zero-order chi connectivity index (χ0) is 15.4. The fourth-order valence-electron chi connectivity index (χ4n) is 2.63. The lowest BCUT2D eigenvalue weighted by Gasteiger charge is -2.20. The normalized spacial score (nSPS) is 21.0. The smallest absolute Gasteiger partial charge is 0.337 e. The minimum atomic E-state index is -0.525. The van der Waals surface area contributed by atoms with E-state index in [1.807, 2.05) is 0 Å². The highest BCUT2D eigenvalue weighted by molar-refractivity contribution is 5.91. The summed E-state index contributed by atoms with van der Waals surface area (Å²) in [6, 6.07) is 4.15. The highest BCUT2D eigenvalue weighted by atomic mass is 16.6. The molecule has 0 radical (unpaired) electrons. The Hall–Kier alpha value is -2.15. The molecule has 0 spiro atoms. The van der Waals surface area contributed by atoms with Crippen LogP contribution in [0.4, 0.5) is 11.4 Å². The summed E-state index contributed by atoms with van der Waals surface area (Å²) in [5.41, 5.74) is 0.527. The molecule has 21 heavy (non-hydrogen) atoms. The lowest BCUT2D eigenvalue weighted by atomic mass is 10.1. The SMILES string of the molecule is COC(=O)c1ccc([N+](=O)[O-])c(NC2CCCC2OC)c1. The minimum absolute atomic E-state index is 0.00148. The topological polar surface area (TPSA) is 90.7 Å². The number of nitrogens with zero attached hydrogens (tertiary/aromatic N) is 1. The maximum Gasteiger partial charge on any atom is 0.337 e. The van der Waals surface area contributed by atoms with Gasteiger partial charge >= 0.3 is 5.97 Å². The molecule has 1 aromatic carbocycles. The van der Waals surface area contributed by atoms with Gasteiger partial charge in [0.1, 0.15) is 5.69 Å². The largest absolute Gasteiger partial charge is 0.465 e. The molecule has 2 rings (SSSR count). The second kappa shape index (κ2) is 6.53. The molecular weight excluding hydrogens is 276 g/mol. The van der Waals surface area contributed by atoms with Gasteiger partial charge in [-0.1, -0.05) is 0 Å². The molecule has 1 saturated carbocycles. The number of anilines is 1. The van der Waals surface area contributed by atoms with Crippen molar-refractivity contribution in [3.63, 3.8) is 0 Å². The van der Waals surface area contributed by atoms with Crippen molar-refractivity contribution in [2.24, 2.45) is 0 Å². The number of hydrogen-bond acceptors (Lipinski definition) is 6. The van der Waals surface area contributed by atoms with E-state index in [4.69, 9.17) is 4.74 Å². The summed E-state index contributed by atoms with van der Waals surface area (Å²) in [4.78, 5) is 22.2. The van der Waals surface area contributed by atoms with Crippen molar-refractivity contribution in [3.05, 3.63) is 33.9 Å². The maximum atomic E-state index is 11.6. The van der Waals surface area contributed by atoms with Crippen LogP contribution in [-0.4, -0.2) is 37.3 Å². The first kappa shape index (κ1) is 15.2. The molecule has 0 aromatic heterocycles. The summed E-state index contributed by atoms with van der Waals surface area (Å²) in [6.07, 6.45) is 2.81. The van der Waals surface area contributed by atoms with Crippen molar-refractivity contribution in [3.8, 4) is 0 Å². The van der Waals surface area contributed by atoms with E-state index in [2.05, 4.69) is 10.1 Å². The van der Waals surface area contributed by atoms with Gasteiger partial charge in [0.15, 0.2) is 0 Å². The van der Waals surface area contributed by atoms with Crippen LogP contribution in [0.1, 0.15) is 29.6 Å². The van der Waals surface area contributed by atoms with Gasteiger partial charge in [0.05, 0.1) is 29.7 Å². The van der Waals surface area contributed by atoms with Crippen molar-refractivity contribution in [1.82, 2.24) is 0 Å². The quantitative estimate of drug-likeness (QED) is 0.509. The van der Waals surface area contributed by atoms with E-state index in [-0.39, 0.29) is 23.4 Å². The molecule has 1 aliphatic carbocycles. The zero-order valence-electron chi connectivity index (χ0n) is 12.0. The summed E-state index contributed by atoms with van der Waals surface area (Å²) < 4.78 is 10.0. The Morgan fingerprint density at radius 3 is 2.76 bits per heavy atom. The molecule has 1 aromatic rings. The van der Waals surface area contributed by atoms with Gasteiger partial charge in [-0.05, 0) is 31.4 Å². The second-order valence-corrected chi connectivity index (χ2v) is 4.94. The summed E-state index contributed by atoms with van der Waals surface area (Å²) in [6.45, 7) is 0. The fraction of sp³-hybridized carbons (Fsp3) is 0.500. The van der Waals surface area contributed by atoms with Gasteiger partial charge in [0.2, 0.25) is 0 Å². The molecule has 0 saturated heterocycles. The number of rotatable bonds is 5. The van der Waals surface area contributed by atoms with E-state index in [9.17, 15) is 14.9 Å². The van der Waals surface area contributed by atoms with Gasteiger partial charge in [0.25, 0.3) is 5.69 Å². The molecule has 2 atom stereocenters. The Morgan fingerprint density at radius 1 is 1.38 bits per heavy atom. The van der Waals surface area contributed by atoms with Gasteiger partial charge < -0.3 is 14.8 Å². The predicted octanol–water partition coefficient (Wildman–Crippen LogP) is 2.36. The molecule has 0 bridgehead atoms. The molecular formula is C14H18N2O5. The van der Waals surface area contributed by atoms with Gasteiger partial charge in [-0.25, -0.2) is 4.79 Å². The van der Waals surface area contributed by atoms with Crippen molar-refractivity contribution in [2.45, 2.75) is 31.4 Å². The van der Waals surface area contributed by atoms with Crippen molar-refractivity contribution < 1.29 is 19.2 Å². The van der Waals surface area contributed by atoms with Gasteiger partial charge in [-0.15, -0.1) is 0 Å². The van der Waals surface area contributed by atoms with Crippen LogP contribution in [0.3, 0.4) is 0 Å². The van der Waals surface area contributed by atoms with E-state index in [0.29, 0.717) is 5.69 Å². The number of nitro groups is 1.